The predicted octanol–water partition coefficient (Wildman–Crippen LogP) is 15.7. The molecule has 0 amide bonds. The van der Waals surface area contributed by atoms with Gasteiger partial charge in [0.1, 0.15) is 12.7 Å². The minimum Gasteiger partial charge on any atom is -0.503 e. The van der Waals surface area contributed by atoms with E-state index in [0.717, 1.165) is 44.4 Å². The van der Waals surface area contributed by atoms with Gasteiger partial charge < -0.3 is 24.0 Å². The molecule has 0 saturated heterocycles. The molecule has 0 spiro atoms. The molecule has 4 aromatic heterocycles. The Hall–Kier alpha value is -6.62. The SMILES string of the molecule is CC(C)c1cccc(C(C)C)c1-c1ccc(-c2[c-]c(Oc3[c-]c4c(cc3)c3ccc(Oc5[c-]c(-c6ccc(-c7c(C(C)C)cccc7C(C)C)cn6)ccc5)[c-]c3n4-c3ncncn3)ccc2)nc1.[Pd+2].[Pt+2]. The monoisotopic (exact) mass is 1200 g/mol. The molecule has 0 aliphatic rings. The van der Waals surface area contributed by atoms with Crippen LogP contribution in [0.3, 0.4) is 0 Å². The van der Waals surface area contributed by atoms with E-state index in [1.54, 1.807) is 0 Å². The molecular formula is C61H52N6O2PdPt. The van der Waals surface area contributed by atoms with E-state index < -0.39 is 0 Å². The maximum atomic E-state index is 6.47. The van der Waals surface area contributed by atoms with Crippen LogP contribution >= 0.6 is 0 Å². The summed E-state index contributed by atoms with van der Waals surface area (Å²) >= 11 is 0. The maximum Gasteiger partial charge on any atom is 2.00 e. The third-order valence-electron chi connectivity index (χ3n) is 12.6. The van der Waals surface area contributed by atoms with Crippen LogP contribution in [0.2, 0.25) is 0 Å². The van der Waals surface area contributed by atoms with E-state index in [1.165, 1.54) is 46.0 Å². The summed E-state index contributed by atoms with van der Waals surface area (Å²) in [5, 5.41) is 1.84. The number of rotatable bonds is 13. The van der Waals surface area contributed by atoms with E-state index in [0.29, 0.717) is 63.7 Å². The second-order valence-corrected chi connectivity index (χ2v) is 18.6. The average Bonchev–Trinajstić information content (AvgIpc) is 3.69. The molecule has 6 aromatic carbocycles. The van der Waals surface area contributed by atoms with Crippen molar-refractivity contribution in [1.82, 2.24) is 29.5 Å². The zero-order valence-corrected chi connectivity index (χ0v) is 44.6. The van der Waals surface area contributed by atoms with Gasteiger partial charge in [-0.25, -0.2) is 15.0 Å². The fourth-order valence-electron chi connectivity index (χ4n) is 9.22. The number of pyridine rings is 2. The Morgan fingerprint density at radius 1 is 0.423 bits per heavy atom. The molecule has 4 heterocycles. The van der Waals surface area contributed by atoms with Crippen LogP contribution in [0.5, 0.6) is 23.0 Å². The van der Waals surface area contributed by atoms with Crippen LogP contribution in [0.1, 0.15) is 101 Å². The predicted molar refractivity (Wildman–Crippen MR) is 276 cm³/mol. The Morgan fingerprint density at radius 2 is 0.803 bits per heavy atom. The summed E-state index contributed by atoms with van der Waals surface area (Å²) in [4.78, 5) is 23.0. The summed E-state index contributed by atoms with van der Waals surface area (Å²) in [5.74, 6) is 4.03. The summed E-state index contributed by atoms with van der Waals surface area (Å²) in [6, 6.07) is 55.1. The molecule has 0 radical (unpaired) electrons. The number of aromatic nitrogens is 6. The van der Waals surface area contributed by atoms with Crippen LogP contribution in [-0.2, 0) is 41.5 Å². The van der Waals surface area contributed by atoms with Crippen molar-refractivity contribution >= 4 is 21.8 Å². The first-order chi connectivity index (χ1) is 33.5. The van der Waals surface area contributed by atoms with Crippen LogP contribution in [-0.4, -0.2) is 29.5 Å². The third-order valence-corrected chi connectivity index (χ3v) is 12.6. The van der Waals surface area contributed by atoms with E-state index in [2.05, 4.69) is 155 Å². The van der Waals surface area contributed by atoms with Crippen molar-refractivity contribution in [3.8, 4) is 73.7 Å². The van der Waals surface area contributed by atoms with Crippen molar-refractivity contribution in [2.75, 3.05) is 0 Å². The van der Waals surface area contributed by atoms with Crippen LogP contribution < -0.4 is 9.47 Å². The number of hydrogen-bond acceptors (Lipinski definition) is 7. The number of nitrogens with zero attached hydrogens (tertiary/aromatic N) is 6. The van der Waals surface area contributed by atoms with Gasteiger partial charge in [0.15, 0.2) is 0 Å². The number of ether oxygens (including phenoxy) is 2. The van der Waals surface area contributed by atoms with Crippen molar-refractivity contribution in [1.29, 1.82) is 0 Å². The summed E-state index contributed by atoms with van der Waals surface area (Å²) in [5.41, 5.74) is 14.7. The largest absolute Gasteiger partial charge is 2.00 e. The zero-order valence-electron chi connectivity index (χ0n) is 40.8. The standard InChI is InChI=1S/C61H52N6O2.Pd.Pt/c1-37(2)49-17-11-18-50(38(3)4)59(49)43-21-27-55(63-33-43)41-13-9-15-45(29-41)68-47-23-25-53-54-26-24-48(32-58(54)67(57(53)31-47)61-65-35-62-36-66-61)69-46-16-10-14-42(30-46)56-28-22-44(34-64-56)60-51(39(5)6)19-12-20-52(60)40(7)8;;/h9-28,33-40H,1-8H3;;/q-4;2*+2. The molecule has 8 nitrogen and oxygen atoms in total. The van der Waals surface area contributed by atoms with Crippen LogP contribution in [0.15, 0.2) is 146 Å². The molecular weight excluding hydrogens is 1150 g/mol. The molecule has 10 heteroatoms. The van der Waals surface area contributed by atoms with Crippen molar-refractivity contribution in [2.45, 2.75) is 79.1 Å². The minimum atomic E-state index is 0. The normalized spacial score (nSPS) is 11.4. The van der Waals surface area contributed by atoms with E-state index >= 15 is 0 Å². The van der Waals surface area contributed by atoms with E-state index in [-0.39, 0.29) is 41.5 Å². The van der Waals surface area contributed by atoms with Gasteiger partial charge in [-0.15, -0.1) is 71.8 Å². The molecule has 10 aromatic rings. The summed E-state index contributed by atoms with van der Waals surface area (Å²) in [6.45, 7) is 17.9. The fraction of sp³-hybridized carbons (Fsp3) is 0.197. The first-order valence-corrected chi connectivity index (χ1v) is 23.7. The maximum absolute atomic E-state index is 6.47. The first kappa shape index (κ1) is 50.8. The van der Waals surface area contributed by atoms with Gasteiger partial charge in [-0.1, -0.05) is 139 Å². The van der Waals surface area contributed by atoms with Gasteiger partial charge in [-0.2, -0.15) is 22.9 Å². The van der Waals surface area contributed by atoms with Crippen molar-refractivity contribution in [2.24, 2.45) is 0 Å². The number of hydrogen-bond donors (Lipinski definition) is 0. The first-order valence-electron chi connectivity index (χ1n) is 23.7. The molecule has 358 valence electrons. The van der Waals surface area contributed by atoms with Crippen LogP contribution in [0, 0.1) is 24.3 Å². The van der Waals surface area contributed by atoms with Gasteiger partial charge in [0.25, 0.3) is 0 Å². The van der Waals surface area contributed by atoms with Gasteiger partial charge in [-0.3, -0.25) is 0 Å². The molecule has 0 saturated carbocycles. The van der Waals surface area contributed by atoms with E-state index in [1.807, 2.05) is 77.6 Å². The molecule has 0 N–H and O–H groups in total. The van der Waals surface area contributed by atoms with Crippen molar-refractivity contribution in [3.63, 3.8) is 0 Å². The van der Waals surface area contributed by atoms with Crippen LogP contribution in [0.4, 0.5) is 0 Å². The fourth-order valence-corrected chi connectivity index (χ4v) is 9.22. The second-order valence-electron chi connectivity index (χ2n) is 18.6. The molecule has 0 atom stereocenters. The Kier molecular flexibility index (Phi) is 15.6. The van der Waals surface area contributed by atoms with Gasteiger partial charge >= 0.3 is 41.5 Å². The Labute approximate surface area is 444 Å². The quantitative estimate of drug-likeness (QED) is 0.0839. The molecule has 10 rings (SSSR count). The molecule has 0 unspecified atom stereocenters. The van der Waals surface area contributed by atoms with Gasteiger partial charge in [-0.05, 0) is 79.6 Å². The van der Waals surface area contributed by atoms with Gasteiger partial charge in [0.05, 0.1) is 0 Å². The van der Waals surface area contributed by atoms with E-state index in [9.17, 15) is 0 Å². The van der Waals surface area contributed by atoms with Crippen molar-refractivity contribution < 1.29 is 51.0 Å². The molecule has 0 bridgehead atoms. The Morgan fingerprint density at radius 3 is 1.17 bits per heavy atom. The molecule has 0 aliphatic carbocycles. The summed E-state index contributed by atoms with van der Waals surface area (Å²) < 4.78 is 14.8. The number of benzene rings is 6. The molecule has 0 aliphatic heterocycles. The van der Waals surface area contributed by atoms with E-state index in [4.69, 9.17) is 19.4 Å². The summed E-state index contributed by atoms with van der Waals surface area (Å²) in [7, 11) is 0. The topological polar surface area (TPSA) is 87.8 Å². The zero-order chi connectivity index (χ0) is 47.8. The Bertz CT molecular complexity index is 3200. The average molecular weight is 1200 g/mol. The van der Waals surface area contributed by atoms with Gasteiger partial charge in [0, 0.05) is 35.4 Å². The minimum absolute atomic E-state index is 0. The Balaban J connectivity index is 0.00000338. The number of fused-ring (bicyclic) bond motifs is 3. The summed E-state index contributed by atoms with van der Waals surface area (Å²) in [6.07, 6.45) is 6.89. The van der Waals surface area contributed by atoms with Crippen molar-refractivity contribution in [3.05, 3.63) is 193 Å². The molecule has 0 fully saturated rings. The second kappa shape index (κ2) is 21.8. The van der Waals surface area contributed by atoms with Crippen LogP contribution in [0.25, 0.3) is 72.5 Å². The smallest absolute Gasteiger partial charge is 0.503 e. The third kappa shape index (κ3) is 10.4. The molecule has 71 heavy (non-hydrogen) atoms. The van der Waals surface area contributed by atoms with Gasteiger partial charge in [0.2, 0.25) is 5.95 Å².